The van der Waals surface area contributed by atoms with E-state index in [9.17, 15) is 19.3 Å². The first-order valence-corrected chi connectivity index (χ1v) is 7.90. The Morgan fingerprint density at radius 3 is 2.77 bits per heavy atom. The van der Waals surface area contributed by atoms with E-state index in [0.717, 1.165) is 0 Å². The first kappa shape index (κ1) is 17.3. The topological polar surface area (TPSA) is 79.2 Å². The molecule has 0 fully saturated rings. The minimum Gasteiger partial charge on any atom is -0.360 e. The van der Waals surface area contributed by atoms with Crippen molar-refractivity contribution in [1.29, 1.82) is 0 Å². The van der Waals surface area contributed by atoms with Crippen LogP contribution in [0.2, 0.25) is 0 Å². The van der Waals surface area contributed by atoms with Gasteiger partial charge in [-0.3, -0.25) is 14.9 Å². The molecule has 0 radical (unpaired) electrons. The van der Waals surface area contributed by atoms with Crippen molar-refractivity contribution in [2.24, 2.45) is 0 Å². The van der Waals surface area contributed by atoms with Crippen LogP contribution in [0.15, 0.2) is 61.3 Å². The molecule has 132 valence electrons. The zero-order chi connectivity index (χ0) is 18.7. The molecule has 6 nitrogen and oxygen atoms in total. The van der Waals surface area contributed by atoms with Gasteiger partial charge in [0.15, 0.2) is 0 Å². The number of non-ortho nitro benzene ring substituents is 1. The summed E-state index contributed by atoms with van der Waals surface area (Å²) in [5.41, 5.74) is 1.19. The number of nitrogens with zero attached hydrogens (tertiary/aromatic N) is 2. The highest BCUT2D eigenvalue weighted by molar-refractivity contribution is 6.07. The van der Waals surface area contributed by atoms with Crippen LogP contribution in [-0.2, 0) is 6.54 Å². The molecule has 0 saturated carbocycles. The van der Waals surface area contributed by atoms with Crippen LogP contribution in [0.4, 0.5) is 10.1 Å². The second-order valence-electron chi connectivity index (χ2n) is 5.76. The summed E-state index contributed by atoms with van der Waals surface area (Å²) < 4.78 is 13.9. The Hall–Kier alpha value is -3.48. The molecule has 7 heteroatoms. The van der Waals surface area contributed by atoms with Crippen molar-refractivity contribution in [1.82, 2.24) is 9.88 Å². The molecule has 26 heavy (non-hydrogen) atoms. The molecule has 0 spiro atoms. The van der Waals surface area contributed by atoms with Crippen molar-refractivity contribution in [2.45, 2.75) is 6.54 Å². The van der Waals surface area contributed by atoms with Gasteiger partial charge in [-0.05, 0) is 12.1 Å². The van der Waals surface area contributed by atoms with Crippen LogP contribution < -0.4 is 0 Å². The van der Waals surface area contributed by atoms with E-state index in [0.29, 0.717) is 22.0 Å². The second kappa shape index (κ2) is 7.18. The van der Waals surface area contributed by atoms with Gasteiger partial charge in [-0.25, -0.2) is 4.39 Å². The highest BCUT2D eigenvalue weighted by atomic mass is 19.1. The number of hydrogen-bond donors (Lipinski definition) is 1. The fourth-order valence-electron chi connectivity index (χ4n) is 2.78. The monoisotopic (exact) mass is 353 g/mol. The maximum absolute atomic E-state index is 13.9. The van der Waals surface area contributed by atoms with E-state index >= 15 is 0 Å². The Kier molecular flexibility index (Phi) is 4.79. The van der Waals surface area contributed by atoms with E-state index in [2.05, 4.69) is 11.6 Å². The van der Waals surface area contributed by atoms with Crippen LogP contribution >= 0.6 is 0 Å². The quantitative estimate of drug-likeness (QED) is 0.412. The average Bonchev–Trinajstić information content (AvgIpc) is 3.05. The molecule has 0 aliphatic rings. The summed E-state index contributed by atoms with van der Waals surface area (Å²) in [7, 11) is 0. The number of aromatic amines is 1. The minimum atomic E-state index is -0.512. The minimum absolute atomic E-state index is 0.0686. The van der Waals surface area contributed by atoms with E-state index < -0.39 is 10.7 Å². The lowest BCUT2D eigenvalue weighted by atomic mass is 10.1. The van der Waals surface area contributed by atoms with Crippen LogP contribution in [0.25, 0.3) is 10.9 Å². The van der Waals surface area contributed by atoms with Gasteiger partial charge in [-0.1, -0.05) is 24.3 Å². The number of nitro benzene ring substituents is 1. The Labute approximate surface area is 148 Å². The summed E-state index contributed by atoms with van der Waals surface area (Å²) in [5, 5.41) is 11.5. The number of carbonyl (C=O) groups is 1. The van der Waals surface area contributed by atoms with E-state index in [1.165, 1.54) is 29.3 Å². The number of rotatable bonds is 6. The van der Waals surface area contributed by atoms with Crippen LogP contribution in [0.5, 0.6) is 0 Å². The molecule has 1 N–H and O–H groups in total. The number of benzene rings is 2. The van der Waals surface area contributed by atoms with Gasteiger partial charge in [0, 0.05) is 47.9 Å². The molecule has 0 unspecified atom stereocenters. The highest BCUT2D eigenvalue weighted by Gasteiger charge is 2.21. The van der Waals surface area contributed by atoms with Crippen molar-refractivity contribution in [2.75, 3.05) is 6.54 Å². The average molecular weight is 353 g/mol. The van der Waals surface area contributed by atoms with Gasteiger partial charge >= 0.3 is 0 Å². The van der Waals surface area contributed by atoms with Gasteiger partial charge in [0.25, 0.3) is 11.6 Å². The third-order valence-corrected chi connectivity index (χ3v) is 4.06. The molecule has 1 heterocycles. The summed E-state index contributed by atoms with van der Waals surface area (Å²) in [6, 6.07) is 10.5. The lowest BCUT2D eigenvalue weighted by Gasteiger charge is -2.21. The molecule has 0 saturated heterocycles. The zero-order valence-corrected chi connectivity index (χ0v) is 13.8. The lowest BCUT2D eigenvalue weighted by molar-refractivity contribution is -0.384. The van der Waals surface area contributed by atoms with Crippen LogP contribution in [-0.4, -0.2) is 27.3 Å². The normalized spacial score (nSPS) is 10.7. The summed E-state index contributed by atoms with van der Waals surface area (Å²) in [4.78, 5) is 27.8. The van der Waals surface area contributed by atoms with Crippen molar-refractivity contribution < 1.29 is 14.1 Å². The van der Waals surface area contributed by atoms with Gasteiger partial charge in [0.1, 0.15) is 5.82 Å². The third-order valence-electron chi connectivity index (χ3n) is 4.06. The number of H-pyrrole nitrogens is 1. The standard InChI is InChI=1S/C19H16FN3O3/c1-2-9-22(12-13-5-3-4-6-17(13)20)19(24)16-11-21-18-8-7-14(23(25)26)10-15(16)18/h2-8,10-11,21H,1,9,12H2. The highest BCUT2D eigenvalue weighted by Crippen LogP contribution is 2.25. The van der Waals surface area contributed by atoms with Gasteiger partial charge < -0.3 is 9.88 Å². The molecular formula is C19H16FN3O3. The van der Waals surface area contributed by atoms with Gasteiger partial charge in [-0.2, -0.15) is 0 Å². The number of nitrogens with one attached hydrogen (secondary N) is 1. The summed E-state index contributed by atoms with van der Waals surface area (Å²) in [6.07, 6.45) is 3.06. The molecule has 1 aromatic heterocycles. The Balaban J connectivity index is 1.98. The van der Waals surface area contributed by atoms with E-state index in [-0.39, 0.29) is 24.7 Å². The summed E-state index contributed by atoms with van der Waals surface area (Å²) >= 11 is 0. The maximum Gasteiger partial charge on any atom is 0.270 e. The molecular weight excluding hydrogens is 337 g/mol. The zero-order valence-electron chi connectivity index (χ0n) is 13.8. The Morgan fingerprint density at radius 1 is 1.31 bits per heavy atom. The lowest BCUT2D eigenvalue weighted by Crippen LogP contribution is -2.31. The molecule has 0 bridgehead atoms. The smallest absolute Gasteiger partial charge is 0.270 e. The Bertz CT molecular complexity index is 997. The molecule has 0 atom stereocenters. The Morgan fingerprint density at radius 2 is 2.08 bits per heavy atom. The van der Waals surface area contributed by atoms with Crippen molar-refractivity contribution in [3.63, 3.8) is 0 Å². The first-order chi connectivity index (χ1) is 12.5. The van der Waals surface area contributed by atoms with E-state index in [4.69, 9.17) is 0 Å². The first-order valence-electron chi connectivity index (χ1n) is 7.90. The summed E-state index contributed by atoms with van der Waals surface area (Å²) in [5.74, 6) is -0.760. The largest absolute Gasteiger partial charge is 0.360 e. The molecule has 0 aliphatic carbocycles. The second-order valence-corrected chi connectivity index (χ2v) is 5.76. The molecule has 3 aromatic rings. The number of amides is 1. The van der Waals surface area contributed by atoms with Crippen molar-refractivity contribution in [3.05, 3.63) is 88.4 Å². The van der Waals surface area contributed by atoms with Crippen molar-refractivity contribution in [3.8, 4) is 0 Å². The van der Waals surface area contributed by atoms with Gasteiger partial charge in [-0.15, -0.1) is 6.58 Å². The number of carbonyl (C=O) groups excluding carboxylic acids is 1. The summed E-state index contributed by atoms with van der Waals surface area (Å²) in [6.45, 7) is 3.93. The van der Waals surface area contributed by atoms with Crippen LogP contribution in [0, 0.1) is 15.9 Å². The molecule has 0 aliphatic heterocycles. The van der Waals surface area contributed by atoms with Crippen LogP contribution in [0.1, 0.15) is 15.9 Å². The molecule has 1 amide bonds. The van der Waals surface area contributed by atoms with Crippen LogP contribution in [0.3, 0.4) is 0 Å². The SMILES string of the molecule is C=CCN(Cc1ccccc1F)C(=O)c1c[nH]c2ccc([N+](=O)[O-])cc12. The fourth-order valence-corrected chi connectivity index (χ4v) is 2.78. The van der Waals surface area contributed by atoms with Gasteiger partial charge in [0.2, 0.25) is 0 Å². The number of nitro groups is 1. The molecule has 3 rings (SSSR count). The van der Waals surface area contributed by atoms with E-state index in [1.807, 2.05) is 0 Å². The van der Waals surface area contributed by atoms with E-state index in [1.54, 1.807) is 30.3 Å². The number of halogens is 1. The number of aromatic nitrogens is 1. The third kappa shape index (κ3) is 3.32. The fraction of sp³-hybridized carbons (Fsp3) is 0.105. The number of hydrogen-bond acceptors (Lipinski definition) is 3. The number of fused-ring (bicyclic) bond motifs is 1. The maximum atomic E-state index is 13.9. The van der Waals surface area contributed by atoms with Gasteiger partial charge in [0.05, 0.1) is 10.5 Å². The predicted octanol–water partition coefficient (Wildman–Crippen LogP) is 4.04. The molecule has 2 aromatic carbocycles. The van der Waals surface area contributed by atoms with Crippen molar-refractivity contribution >= 4 is 22.5 Å². The predicted molar refractivity (Wildman–Crippen MR) is 96.3 cm³/mol.